The highest BCUT2D eigenvalue weighted by Crippen LogP contribution is 2.11. The fourth-order valence-electron chi connectivity index (χ4n) is 2.76. The van der Waals surface area contributed by atoms with Gasteiger partial charge < -0.3 is 10.6 Å². The van der Waals surface area contributed by atoms with E-state index in [1.165, 1.54) is 18.4 Å². The summed E-state index contributed by atoms with van der Waals surface area (Å²) in [6.45, 7) is 5.32. The SMILES string of the molecule is Cc1ccc(CNC(=O)CN(C)C2CCCNCC2)cc1. The Bertz CT molecular complexity index is 436. The van der Waals surface area contributed by atoms with E-state index >= 15 is 0 Å². The van der Waals surface area contributed by atoms with Crippen molar-refractivity contribution in [3.63, 3.8) is 0 Å². The number of aryl methyl sites for hydroxylation is 1. The van der Waals surface area contributed by atoms with Crippen LogP contribution in [0.5, 0.6) is 0 Å². The van der Waals surface area contributed by atoms with Crippen LogP contribution in [0, 0.1) is 6.92 Å². The van der Waals surface area contributed by atoms with Gasteiger partial charge in [-0.05, 0) is 51.9 Å². The second kappa shape index (κ2) is 8.15. The van der Waals surface area contributed by atoms with Crippen molar-refractivity contribution in [2.24, 2.45) is 0 Å². The van der Waals surface area contributed by atoms with Gasteiger partial charge in [-0.3, -0.25) is 9.69 Å². The molecule has 1 saturated heterocycles. The number of hydrogen-bond donors (Lipinski definition) is 2. The predicted octanol–water partition coefficient (Wildman–Crippen LogP) is 1.69. The maximum absolute atomic E-state index is 12.1. The van der Waals surface area contributed by atoms with Crippen LogP contribution in [0.3, 0.4) is 0 Å². The van der Waals surface area contributed by atoms with Gasteiger partial charge in [-0.15, -0.1) is 0 Å². The second-order valence-corrected chi connectivity index (χ2v) is 6.01. The molecule has 1 aromatic carbocycles. The molecule has 21 heavy (non-hydrogen) atoms. The standard InChI is InChI=1S/C17H27N3O/c1-14-5-7-15(8-6-14)12-19-17(21)13-20(2)16-4-3-10-18-11-9-16/h5-8,16,18H,3-4,9-13H2,1-2H3,(H,19,21). The summed E-state index contributed by atoms with van der Waals surface area (Å²) in [4.78, 5) is 14.2. The first kappa shape index (κ1) is 16.0. The van der Waals surface area contributed by atoms with Crippen molar-refractivity contribution in [2.45, 2.75) is 38.8 Å². The quantitative estimate of drug-likeness (QED) is 0.867. The van der Waals surface area contributed by atoms with Gasteiger partial charge in [0.1, 0.15) is 0 Å². The molecule has 116 valence electrons. The number of nitrogens with one attached hydrogen (secondary N) is 2. The highest BCUT2D eigenvalue weighted by molar-refractivity contribution is 5.78. The number of likely N-dealkylation sites (N-methyl/N-ethyl adjacent to an activating group) is 1. The molecular formula is C17H27N3O. The molecule has 0 radical (unpaired) electrons. The fraction of sp³-hybridized carbons (Fsp3) is 0.588. The molecule has 1 aliphatic rings. The Kier molecular flexibility index (Phi) is 6.21. The van der Waals surface area contributed by atoms with Crippen LogP contribution in [-0.2, 0) is 11.3 Å². The van der Waals surface area contributed by atoms with E-state index in [1.807, 2.05) is 0 Å². The van der Waals surface area contributed by atoms with Gasteiger partial charge in [-0.25, -0.2) is 0 Å². The molecule has 1 amide bonds. The Morgan fingerprint density at radius 1 is 1.29 bits per heavy atom. The zero-order valence-corrected chi connectivity index (χ0v) is 13.2. The second-order valence-electron chi connectivity index (χ2n) is 6.01. The Morgan fingerprint density at radius 2 is 2.05 bits per heavy atom. The summed E-state index contributed by atoms with van der Waals surface area (Å²) in [5, 5.41) is 6.42. The van der Waals surface area contributed by atoms with Gasteiger partial charge in [-0.1, -0.05) is 29.8 Å². The van der Waals surface area contributed by atoms with Crippen molar-refractivity contribution in [1.82, 2.24) is 15.5 Å². The summed E-state index contributed by atoms with van der Waals surface area (Å²) in [5.41, 5.74) is 2.39. The lowest BCUT2D eigenvalue weighted by Gasteiger charge is -2.26. The number of nitrogens with zero attached hydrogens (tertiary/aromatic N) is 1. The van der Waals surface area contributed by atoms with Crippen molar-refractivity contribution in [1.29, 1.82) is 0 Å². The molecule has 0 saturated carbocycles. The highest BCUT2D eigenvalue weighted by atomic mass is 16.2. The molecule has 1 fully saturated rings. The van der Waals surface area contributed by atoms with E-state index < -0.39 is 0 Å². The smallest absolute Gasteiger partial charge is 0.234 e. The minimum absolute atomic E-state index is 0.107. The van der Waals surface area contributed by atoms with Gasteiger partial charge in [-0.2, -0.15) is 0 Å². The van der Waals surface area contributed by atoms with Gasteiger partial charge in [0.2, 0.25) is 5.91 Å². The zero-order chi connectivity index (χ0) is 15.1. The third-order valence-electron chi connectivity index (χ3n) is 4.17. The first-order valence-corrected chi connectivity index (χ1v) is 7.88. The molecule has 0 spiro atoms. The van der Waals surface area contributed by atoms with E-state index in [1.54, 1.807) is 0 Å². The van der Waals surface area contributed by atoms with Crippen LogP contribution in [-0.4, -0.2) is 43.5 Å². The first-order chi connectivity index (χ1) is 10.1. The monoisotopic (exact) mass is 289 g/mol. The van der Waals surface area contributed by atoms with Crippen LogP contribution in [0.4, 0.5) is 0 Å². The molecule has 4 nitrogen and oxygen atoms in total. The fourth-order valence-corrected chi connectivity index (χ4v) is 2.76. The number of carbonyl (C=O) groups excluding carboxylic acids is 1. The van der Waals surface area contributed by atoms with Crippen LogP contribution in [0.15, 0.2) is 24.3 Å². The van der Waals surface area contributed by atoms with E-state index in [9.17, 15) is 4.79 Å². The van der Waals surface area contributed by atoms with E-state index in [2.05, 4.69) is 53.8 Å². The zero-order valence-electron chi connectivity index (χ0n) is 13.2. The molecule has 1 aliphatic heterocycles. The maximum Gasteiger partial charge on any atom is 0.234 e. The van der Waals surface area contributed by atoms with Crippen LogP contribution in [0.2, 0.25) is 0 Å². The Hall–Kier alpha value is -1.39. The normalized spacial score (nSPS) is 19.3. The summed E-state index contributed by atoms with van der Waals surface area (Å²) in [6, 6.07) is 8.80. The number of rotatable bonds is 5. The molecule has 0 aliphatic carbocycles. The lowest BCUT2D eigenvalue weighted by molar-refractivity contribution is -0.122. The molecule has 2 rings (SSSR count). The summed E-state index contributed by atoms with van der Waals surface area (Å²) in [5.74, 6) is 0.107. The van der Waals surface area contributed by atoms with Crippen LogP contribution >= 0.6 is 0 Å². The summed E-state index contributed by atoms with van der Waals surface area (Å²) in [6.07, 6.45) is 3.50. The van der Waals surface area contributed by atoms with Gasteiger partial charge in [0, 0.05) is 12.6 Å². The minimum atomic E-state index is 0.107. The average molecular weight is 289 g/mol. The topological polar surface area (TPSA) is 44.4 Å². The van der Waals surface area contributed by atoms with E-state index in [-0.39, 0.29) is 5.91 Å². The van der Waals surface area contributed by atoms with Gasteiger partial charge in [0.25, 0.3) is 0 Å². The molecule has 1 aromatic rings. The van der Waals surface area contributed by atoms with Gasteiger partial charge >= 0.3 is 0 Å². The summed E-state index contributed by atoms with van der Waals surface area (Å²) >= 11 is 0. The van der Waals surface area contributed by atoms with E-state index in [0.717, 1.165) is 25.1 Å². The third kappa shape index (κ3) is 5.48. The summed E-state index contributed by atoms with van der Waals surface area (Å²) < 4.78 is 0. The third-order valence-corrected chi connectivity index (χ3v) is 4.17. The first-order valence-electron chi connectivity index (χ1n) is 7.88. The number of hydrogen-bond acceptors (Lipinski definition) is 3. The van der Waals surface area contributed by atoms with E-state index in [4.69, 9.17) is 0 Å². The Labute approximate surface area is 127 Å². The number of amides is 1. The molecule has 1 unspecified atom stereocenters. The molecule has 0 aromatic heterocycles. The number of benzene rings is 1. The van der Waals surface area contributed by atoms with Crippen LogP contribution in [0.1, 0.15) is 30.4 Å². The number of carbonyl (C=O) groups is 1. The predicted molar refractivity (Wildman–Crippen MR) is 86.2 cm³/mol. The molecular weight excluding hydrogens is 262 g/mol. The van der Waals surface area contributed by atoms with Gasteiger partial charge in [0.15, 0.2) is 0 Å². The lowest BCUT2D eigenvalue weighted by atomic mass is 10.1. The molecule has 1 heterocycles. The maximum atomic E-state index is 12.1. The van der Waals surface area contributed by atoms with Crippen LogP contribution in [0.25, 0.3) is 0 Å². The molecule has 2 N–H and O–H groups in total. The molecule has 0 bridgehead atoms. The van der Waals surface area contributed by atoms with Crippen molar-refractivity contribution < 1.29 is 4.79 Å². The highest BCUT2D eigenvalue weighted by Gasteiger charge is 2.18. The van der Waals surface area contributed by atoms with Gasteiger partial charge in [0.05, 0.1) is 6.54 Å². The largest absolute Gasteiger partial charge is 0.351 e. The minimum Gasteiger partial charge on any atom is -0.351 e. The van der Waals surface area contributed by atoms with Crippen molar-refractivity contribution in [3.8, 4) is 0 Å². The van der Waals surface area contributed by atoms with Crippen molar-refractivity contribution in [3.05, 3.63) is 35.4 Å². The lowest BCUT2D eigenvalue weighted by Crippen LogP contribution is -2.40. The summed E-state index contributed by atoms with van der Waals surface area (Å²) in [7, 11) is 2.06. The Balaban J connectivity index is 1.74. The molecule has 1 atom stereocenters. The average Bonchev–Trinajstić information content (AvgIpc) is 2.76. The van der Waals surface area contributed by atoms with Crippen LogP contribution < -0.4 is 10.6 Å². The van der Waals surface area contributed by atoms with Crippen molar-refractivity contribution >= 4 is 5.91 Å². The van der Waals surface area contributed by atoms with E-state index in [0.29, 0.717) is 19.1 Å². The van der Waals surface area contributed by atoms with Crippen molar-refractivity contribution in [2.75, 3.05) is 26.7 Å². The Morgan fingerprint density at radius 3 is 2.81 bits per heavy atom. The molecule has 4 heteroatoms.